The van der Waals surface area contributed by atoms with Crippen LogP contribution in [0.15, 0.2) is 0 Å². The zero-order valence-corrected chi connectivity index (χ0v) is 14.2. The lowest BCUT2D eigenvalue weighted by atomic mass is 9.99. The SMILES string of the molecule is CC(C)NCCCN(C)S(=O)(=O)NCC1CCCC1C. The molecule has 0 radical (unpaired) electrons. The molecule has 0 amide bonds. The van der Waals surface area contributed by atoms with Crippen molar-refractivity contribution in [2.45, 2.75) is 52.5 Å². The number of hydrogen-bond acceptors (Lipinski definition) is 3. The van der Waals surface area contributed by atoms with Gasteiger partial charge in [0.1, 0.15) is 0 Å². The van der Waals surface area contributed by atoms with Gasteiger partial charge < -0.3 is 5.32 Å². The summed E-state index contributed by atoms with van der Waals surface area (Å²) in [4.78, 5) is 0. The molecule has 0 aliphatic heterocycles. The topological polar surface area (TPSA) is 61.4 Å². The quantitative estimate of drug-likeness (QED) is 0.636. The molecular formula is C14H31N3O2S. The molecule has 2 unspecified atom stereocenters. The Morgan fingerprint density at radius 2 is 2.00 bits per heavy atom. The molecular weight excluding hydrogens is 274 g/mol. The molecule has 0 bridgehead atoms. The fraction of sp³-hybridized carbons (Fsp3) is 1.00. The highest BCUT2D eigenvalue weighted by molar-refractivity contribution is 7.87. The van der Waals surface area contributed by atoms with Gasteiger partial charge in [0.15, 0.2) is 0 Å². The Morgan fingerprint density at radius 3 is 2.55 bits per heavy atom. The second-order valence-electron chi connectivity index (χ2n) is 6.31. The molecule has 1 aliphatic carbocycles. The maximum atomic E-state index is 12.1. The average molecular weight is 305 g/mol. The molecule has 0 heterocycles. The minimum atomic E-state index is -3.32. The van der Waals surface area contributed by atoms with Crippen molar-refractivity contribution in [1.82, 2.24) is 14.3 Å². The monoisotopic (exact) mass is 305 g/mol. The largest absolute Gasteiger partial charge is 0.314 e. The predicted molar refractivity (Wildman–Crippen MR) is 83.8 cm³/mol. The van der Waals surface area contributed by atoms with Crippen molar-refractivity contribution >= 4 is 10.2 Å². The lowest BCUT2D eigenvalue weighted by Crippen LogP contribution is -2.41. The summed E-state index contributed by atoms with van der Waals surface area (Å²) in [6.45, 7) is 8.37. The van der Waals surface area contributed by atoms with E-state index >= 15 is 0 Å². The van der Waals surface area contributed by atoms with E-state index in [1.54, 1.807) is 7.05 Å². The van der Waals surface area contributed by atoms with Crippen LogP contribution in [0.2, 0.25) is 0 Å². The van der Waals surface area contributed by atoms with Crippen molar-refractivity contribution in [2.75, 3.05) is 26.7 Å². The van der Waals surface area contributed by atoms with Crippen LogP contribution in [0, 0.1) is 11.8 Å². The Labute approximate surface area is 124 Å². The first-order valence-corrected chi connectivity index (χ1v) is 9.21. The van der Waals surface area contributed by atoms with Gasteiger partial charge in [0, 0.05) is 26.2 Å². The molecule has 0 saturated heterocycles. The predicted octanol–water partition coefficient (Wildman–Crippen LogP) is 1.58. The van der Waals surface area contributed by atoms with Crippen LogP contribution >= 0.6 is 0 Å². The average Bonchev–Trinajstić information content (AvgIpc) is 2.77. The van der Waals surface area contributed by atoms with Crippen LogP contribution in [0.5, 0.6) is 0 Å². The molecule has 5 nitrogen and oxygen atoms in total. The van der Waals surface area contributed by atoms with Gasteiger partial charge >= 0.3 is 0 Å². The number of nitrogens with zero attached hydrogens (tertiary/aromatic N) is 1. The summed E-state index contributed by atoms with van der Waals surface area (Å²) in [5, 5.41) is 3.29. The van der Waals surface area contributed by atoms with E-state index in [1.165, 1.54) is 17.1 Å². The van der Waals surface area contributed by atoms with Gasteiger partial charge in [0.05, 0.1) is 0 Å². The molecule has 120 valence electrons. The van der Waals surface area contributed by atoms with E-state index in [0.717, 1.165) is 19.4 Å². The van der Waals surface area contributed by atoms with Gasteiger partial charge in [-0.05, 0) is 31.2 Å². The molecule has 2 atom stereocenters. The maximum Gasteiger partial charge on any atom is 0.279 e. The summed E-state index contributed by atoms with van der Waals surface area (Å²) in [6.07, 6.45) is 4.43. The summed E-state index contributed by atoms with van der Waals surface area (Å²) in [6, 6.07) is 0.443. The molecule has 0 aromatic carbocycles. The van der Waals surface area contributed by atoms with Crippen LogP contribution in [0.3, 0.4) is 0 Å². The Hall–Kier alpha value is -0.170. The van der Waals surface area contributed by atoms with E-state index in [-0.39, 0.29) is 0 Å². The summed E-state index contributed by atoms with van der Waals surface area (Å²) >= 11 is 0. The Kier molecular flexibility index (Phi) is 7.43. The standard InChI is InChI=1S/C14H31N3O2S/c1-12(2)15-9-6-10-17(4)20(18,19)16-11-14-8-5-7-13(14)3/h12-16H,5-11H2,1-4H3. The highest BCUT2D eigenvalue weighted by Crippen LogP contribution is 2.30. The summed E-state index contributed by atoms with van der Waals surface area (Å²) < 4.78 is 28.4. The molecule has 2 N–H and O–H groups in total. The van der Waals surface area contributed by atoms with Gasteiger partial charge in [0.25, 0.3) is 10.2 Å². The summed E-state index contributed by atoms with van der Waals surface area (Å²) in [5.41, 5.74) is 0. The third-order valence-electron chi connectivity index (χ3n) is 4.18. The molecule has 0 spiro atoms. The molecule has 6 heteroatoms. The maximum absolute atomic E-state index is 12.1. The highest BCUT2D eigenvalue weighted by atomic mass is 32.2. The van der Waals surface area contributed by atoms with Gasteiger partial charge in [-0.15, -0.1) is 0 Å². The Bertz CT molecular complexity index is 371. The normalized spacial score (nSPS) is 23.9. The van der Waals surface area contributed by atoms with Crippen LogP contribution in [0.25, 0.3) is 0 Å². The fourth-order valence-electron chi connectivity index (χ4n) is 2.66. The number of rotatable bonds is 9. The van der Waals surface area contributed by atoms with Crippen molar-refractivity contribution in [3.05, 3.63) is 0 Å². The van der Waals surface area contributed by atoms with E-state index in [2.05, 4.69) is 30.8 Å². The third kappa shape index (κ3) is 6.08. The van der Waals surface area contributed by atoms with Gasteiger partial charge in [0.2, 0.25) is 0 Å². The van der Waals surface area contributed by atoms with Gasteiger partial charge in [-0.2, -0.15) is 12.7 Å². The van der Waals surface area contributed by atoms with Crippen molar-refractivity contribution in [1.29, 1.82) is 0 Å². The molecule has 0 aromatic rings. The fourth-order valence-corrected chi connectivity index (χ4v) is 3.68. The molecule has 1 fully saturated rings. The summed E-state index contributed by atoms with van der Waals surface area (Å²) in [5.74, 6) is 1.14. The first kappa shape index (κ1) is 17.9. The Morgan fingerprint density at radius 1 is 1.30 bits per heavy atom. The van der Waals surface area contributed by atoms with E-state index in [1.807, 2.05) is 0 Å². The van der Waals surface area contributed by atoms with Crippen molar-refractivity contribution in [2.24, 2.45) is 11.8 Å². The van der Waals surface area contributed by atoms with Gasteiger partial charge in [-0.1, -0.05) is 33.6 Å². The van der Waals surface area contributed by atoms with Crippen LogP contribution in [-0.4, -0.2) is 45.4 Å². The lowest BCUT2D eigenvalue weighted by Gasteiger charge is -2.21. The highest BCUT2D eigenvalue weighted by Gasteiger charge is 2.25. The van der Waals surface area contributed by atoms with E-state index in [4.69, 9.17) is 0 Å². The Balaban J connectivity index is 2.28. The zero-order valence-electron chi connectivity index (χ0n) is 13.4. The third-order valence-corrected chi connectivity index (χ3v) is 5.71. The van der Waals surface area contributed by atoms with Gasteiger partial charge in [-0.3, -0.25) is 0 Å². The van der Waals surface area contributed by atoms with E-state index in [9.17, 15) is 8.42 Å². The van der Waals surface area contributed by atoms with Gasteiger partial charge in [-0.25, -0.2) is 4.72 Å². The second kappa shape index (κ2) is 8.32. The zero-order chi connectivity index (χ0) is 15.2. The molecule has 0 aromatic heterocycles. The van der Waals surface area contributed by atoms with Crippen LogP contribution in [0.4, 0.5) is 0 Å². The number of nitrogens with one attached hydrogen (secondary N) is 2. The lowest BCUT2D eigenvalue weighted by molar-refractivity contribution is 0.397. The van der Waals surface area contributed by atoms with E-state index in [0.29, 0.717) is 31.0 Å². The molecule has 20 heavy (non-hydrogen) atoms. The second-order valence-corrected chi connectivity index (χ2v) is 8.17. The minimum Gasteiger partial charge on any atom is -0.314 e. The smallest absolute Gasteiger partial charge is 0.279 e. The first-order valence-electron chi connectivity index (χ1n) is 7.77. The minimum absolute atomic E-state index is 0.443. The van der Waals surface area contributed by atoms with Crippen molar-refractivity contribution < 1.29 is 8.42 Å². The van der Waals surface area contributed by atoms with Crippen molar-refractivity contribution in [3.8, 4) is 0 Å². The summed E-state index contributed by atoms with van der Waals surface area (Å²) in [7, 11) is -1.67. The number of hydrogen-bond donors (Lipinski definition) is 2. The molecule has 1 rings (SSSR count). The van der Waals surface area contributed by atoms with Crippen LogP contribution in [-0.2, 0) is 10.2 Å². The van der Waals surface area contributed by atoms with Crippen molar-refractivity contribution in [3.63, 3.8) is 0 Å². The molecule has 1 aliphatic rings. The van der Waals surface area contributed by atoms with Crippen LogP contribution < -0.4 is 10.0 Å². The molecule has 1 saturated carbocycles. The first-order chi connectivity index (χ1) is 9.33. The van der Waals surface area contributed by atoms with E-state index < -0.39 is 10.2 Å². The van der Waals surface area contributed by atoms with Crippen LogP contribution in [0.1, 0.15) is 46.5 Å².